The Morgan fingerprint density at radius 3 is 2.34 bits per heavy atom. The van der Waals surface area contributed by atoms with Gasteiger partial charge in [0.2, 0.25) is 0 Å². The highest BCUT2D eigenvalue weighted by molar-refractivity contribution is 5.97. The number of aliphatic hydroxyl groups is 2. The number of carbonyl (C=O) groups is 1. The van der Waals surface area contributed by atoms with Crippen LogP contribution >= 0.6 is 0 Å². The minimum Gasteiger partial charge on any atom is -0.393 e. The maximum absolute atomic E-state index is 14.9. The van der Waals surface area contributed by atoms with Gasteiger partial charge in [0.25, 0.3) is 5.91 Å². The summed E-state index contributed by atoms with van der Waals surface area (Å²) in [4.78, 5) is 13.2. The Kier molecular flexibility index (Phi) is 7.57. The molecule has 0 saturated heterocycles. The van der Waals surface area contributed by atoms with Gasteiger partial charge in [0.1, 0.15) is 5.82 Å². The number of alkyl halides is 3. The quantitative estimate of drug-likeness (QED) is 0.498. The van der Waals surface area contributed by atoms with Gasteiger partial charge in [-0.3, -0.25) is 4.79 Å². The van der Waals surface area contributed by atoms with Crippen molar-refractivity contribution in [2.45, 2.75) is 89.3 Å². The first-order chi connectivity index (χ1) is 16.6. The number of amides is 1. The Bertz CT molecular complexity index is 1070. The summed E-state index contributed by atoms with van der Waals surface area (Å²) in [7, 11) is 0. The molecule has 2 aliphatic carbocycles. The van der Waals surface area contributed by atoms with E-state index in [1.807, 2.05) is 0 Å². The van der Waals surface area contributed by atoms with Crippen molar-refractivity contribution in [3.8, 4) is 11.3 Å². The lowest BCUT2D eigenvalue weighted by Crippen LogP contribution is -2.45. The Balaban J connectivity index is 1.75. The van der Waals surface area contributed by atoms with Crippen molar-refractivity contribution in [3.05, 3.63) is 46.9 Å². The third-order valence-electron chi connectivity index (χ3n) is 7.51. The molecule has 4 rings (SSSR count). The second-order valence-electron chi connectivity index (χ2n) is 9.88. The number of rotatable bonds is 5. The summed E-state index contributed by atoms with van der Waals surface area (Å²) < 4.78 is 56.7. The van der Waals surface area contributed by atoms with E-state index in [1.54, 1.807) is 11.5 Å². The van der Waals surface area contributed by atoms with E-state index in [2.05, 4.69) is 5.32 Å². The van der Waals surface area contributed by atoms with Gasteiger partial charge in [-0.15, -0.1) is 0 Å². The minimum absolute atomic E-state index is 0.154. The van der Waals surface area contributed by atoms with E-state index in [1.165, 1.54) is 6.07 Å². The van der Waals surface area contributed by atoms with Crippen LogP contribution in [0.3, 0.4) is 0 Å². The lowest BCUT2D eigenvalue weighted by molar-refractivity contribution is -0.137. The first-order valence-corrected chi connectivity index (χ1v) is 12.3. The van der Waals surface area contributed by atoms with Gasteiger partial charge in [-0.25, -0.2) is 4.39 Å². The van der Waals surface area contributed by atoms with Crippen LogP contribution in [0.5, 0.6) is 0 Å². The first-order valence-electron chi connectivity index (χ1n) is 12.3. The predicted octanol–water partition coefficient (Wildman–Crippen LogP) is 5.21. The van der Waals surface area contributed by atoms with Crippen LogP contribution in [0.1, 0.15) is 73.0 Å². The molecule has 2 unspecified atom stereocenters. The van der Waals surface area contributed by atoms with Crippen molar-refractivity contribution in [1.29, 1.82) is 0 Å². The third-order valence-corrected chi connectivity index (χ3v) is 7.51. The van der Waals surface area contributed by atoms with Crippen molar-refractivity contribution >= 4 is 5.91 Å². The first kappa shape index (κ1) is 25.7. The topological polar surface area (TPSA) is 74.5 Å². The maximum Gasteiger partial charge on any atom is 0.416 e. The summed E-state index contributed by atoms with van der Waals surface area (Å²) in [5.74, 6) is -1.43. The minimum atomic E-state index is -4.65. The average Bonchev–Trinajstić information content (AvgIpc) is 3.12. The van der Waals surface area contributed by atoms with Crippen LogP contribution in [-0.2, 0) is 12.7 Å². The second kappa shape index (κ2) is 10.3. The molecular weight excluding hydrogens is 464 g/mol. The number of aromatic nitrogens is 1. The molecule has 1 heterocycles. The van der Waals surface area contributed by atoms with Crippen molar-refractivity contribution in [2.75, 3.05) is 0 Å². The van der Waals surface area contributed by atoms with Gasteiger partial charge < -0.3 is 20.1 Å². The van der Waals surface area contributed by atoms with Crippen LogP contribution in [0.4, 0.5) is 17.6 Å². The number of benzene rings is 1. The molecule has 2 saturated carbocycles. The molecule has 0 bridgehead atoms. The normalized spacial score (nSPS) is 25.5. The largest absolute Gasteiger partial charge is 0.416 e. The zero-order valence-electron chi connectivity index (χ0n) is 19.7. The van der Waals surface area contributed by atoms with Crippen LogP contribution < -0.4 is 5.32 Å². The molecule has 2 fully saturated rings. The van der Waals surface area contributed by atoms with E-state index in [0.717, 1.165) is 44.2 Å². The molecule has 9 heteroatoms. The van der Waals surface area contributed by atoms with Crippen LogP contribution in [0, 0.1) is 18.7 Å². The molecule has 1 aromatic carbocycles. The van der Waals surface area contributed by atoms with Crippen LogP contribution in [0.2, 0.25) is 0 Å². The lowest BCUT2D eigenvalue weighted by atomic mass is 9.86. The molecule has 3 N–H and O–H groups in total. The summed E-state index contributed by atoms with van der Waals surface area (Å²) in [6, 6.07) is 3.27. The Hall–Kier alpha value is -2.39. The van der Waals surface area contributed by atoms with Crippen molar-refractivity contribution in [2.24, 2.45) is 5.92 Å². The van der Waals surface area contributed by atoms with E-state index in [9.17, 15) is 32.6 Å². The molecule has 192 valence electrons. The highest BCUT2D eigenvalue weighted by atomic mass is 19.4. The molecule has 2 aromatic rings. The van der Waals surface area contributed by atoms with Gasteiger partial charge >= 0.3 is 6.18 Å². The Labute approximate surface area is 202 Å². The molecule has 2 aliphatic rings. The molecule has 4 atom stereocenters. The fraction of sp³-hybridized carbons (Fsp3) is 0.577. The SMILES string of the molecule is Cc1c(C(=O)N[C@@H]2CCCC[C@H]2O)cc(-c2cc(C(F)(F)F)ccc2F)n1CC1CCCCC1O. The standard InChI is InChI=1S/C26H32F4N2O3/c1-15-18(25(35)31-21-7-3-5-9-24(21)34)13-22(32(15)14-16-6-2-4-8-23(16)33)19-12-17(26(28,29)30)10-11-20(19)27/h10-13,16,21,23-24,33-34H,2-9,14H2,1H3,(H,31,35)/t16?,21-,23?,24-/m1/s1. The van der Waals surface area contributed by atoms with E-state index >= 15 is 0 Å². The summed E-state index contributed by atoms with van der Waals surface area (Å²) in [6.07, 6.45) is 0.287. The van der Waals surface area contributed by atoms with E-state index in [-0.39, 0.29) is 29.3 Å². The number of nitrogens with zero attached hydrogens (tertiary/aromatic N) is 1. The maximum atomic E-state index is 14.9. The van der Waals surface area contributed by atoms with Gasteiger partial charge in [0.05, 0.1) is 35.1 Å². The van der Waals surface area contributed by atoms with Crippen molar-refractivity contribution < 1.29 is 32.6 Å². The molecule has 1 aromatic heterocycles. The highest BCUT2D eigenvalue weighted by Gasteiger charge is 2.33. The molecule has 1 amide bonds. The van der Waals surface area contributed by atoms with Gasteiger partial charge in [-0.2, -0.15) is 13.2 Å². The van der Waals surface area contributed by atoms with Crippen LogP contribution in [0.15, 0.2) is 24.3 Å². The number of aliphatic hydroxyl groups excluding tert-OH is 2. The molecule has 35 heavy (non-hydrogen) atoms. The zero-order chi connectivity index (χ0) is 25.3. The van der Waals surface area contributed by atoms with Crippen molar-refractivity contribution in [3.63, 3.8) is 0 Å². The molecule has 5 nitrogen and oxygen atoms in total. The summed E-state index contributed by atoms with van der Waals surface area (Å²) in [5, 5.41) is 23.6. The van der Waals surface area contributed by atoms with Gasteiger partial charge in [-0.1, -0.05) is 25.7 Å². The highest BCUT2D eigenvalue weighted by Crippen LogP contribution is 2.36. The Morgan fingerprint density at radius 2 is 1.69 bits per heavy atom. The number of hydrogen-bond acceptors (Lipinski definition) is 3. The smallest absolute Gasteiger partial charge is 0.393 e. The Morgan fingerprint density at radius 1 is 1.03 bits per heavy atom. The molecule has 0 aliphatic heterocycles. The van der Waals surface area contributed by atoms with Gasteiger partial charge in [0.15, 0.2) is 0 Å². The van der Waals surface area contributed by atoms with Gasteiger partial charge in [0, 0.05) is 23.7 Å². The molecule has 0 spiro atoms. The molecular formula is C26H32F4N2O3. The number of nitrogens with one attached hydrogen (secondary N) is 1. The molecule has 0 radical (unpaired) electrons. The zero-order valence-corrected chi connectivity index (χ0v) is 19.7. The number of halogens is 4. The van der Waals surface area contributed by atoms with E-state index in [0.29, 0.717) is 31.0 Å². The van der Waals surface area contributed by atoms with Crippen molar-refractivity contribution in [1.82, 2.24) is 9.88 Å². The summed E-state index contributed by atoms with van der Waals surface area (Å²) in [6.45, 7) is 1.94. The summed E-state index contributed by atoms with van der Waals surface area (Å²) >= 11 is 0. The van der Waals surface area contributed by atoms with Crippen LogP contribution in [0.25, 0.3) is 11.3 Å². The fourth-order valence-electron chi connectivity index (χ4n) is 5.39. The second-order valence-corrected chi connectivity index (χ2v) is 9.88. The summed E-state index contributed by atoms with van der Waals surface area (Å²) in [5.41, 5.74) is -0.353. The monoisotopic (exact) mass is 496 g/mol. The van der Waals surface area contributed by atoms with E-state index in [4.69, 9.17) is 0 Å². The average molecular weight is 497 g/mol. The number of carbonyl (C=O) groups excluding carboxylic acids is 1. The predicted molar refractivity (Wildman–Crippen MR) is 123 cm³/mol. The van der Waals surface area contributed by atoms with Gasteiger partial charge in [-0.05, 0) is 56.9 Å². The van der Waals surface area contributed by atoms with E-state index < -0.39 is 41.7 Å². The fourth-order valence-corrected chi connectivity index (χ4v) is 5.39. The third kappa shape index (κ3) is 5.56. The number of hydrogen-bond donors (Lipinski definition) is 3. The van der Waals surface area contributed by atoms with Crippen LogP contribution in [-0.4, -0.2) is 38.9 Å². The lowest BCUT2D eigenvalue weighted by Gasteiger charge is -2.29.